The summed E-state index contributed by atoms with van der Waals surface area (Å²) in [6, 6.07) is 15.9. The molecular weight excluding hydrogens is 420 g/mol. The number of hydrogen-bond acceptors (Lipinski definition) is 5. The number of aryl methyl sites for hydroxylation is 1. The third-order valence-corrected chi connectivity index (χ3v) is 7.62. The number of thioether (sulfide) groups is 1. The molecule has 1 N–H and O–H groups in total. The molecule has 0 unspecified atom stereocenters. The van der Waals surface area contributed by atoms with E-state index in [1.54, 1.807) is 12.1 Å². The molecule has 0 aliphatic carbocycles. The zero-order valence-corrected chi connectivity index (χ0v) is 19.2. The highest BCUT2D eigenvalue weighted by atomic mass is 32.2. The normalized spacial score (nSPS) is 22.2. The second-order valence-corrected chi connectivity index (χ2v) is 9.34. The van der Waals surface area contributed by atoms with Gasteiger partial charge in [-0.1, -0.05) is 24.8 Å². The molecule has 3 atom stereocenters. The van der Waals surface area contributed by atoms with Gasteiger partial charge in [-0.25, -0.2) is 4.79 Å². The number of carbonyl (C=O) groups is 1. The van der Waals surface area contributed by atoms with Crippen molar-refractivity contribution in [2.24, 2.45) is 4.99 Å². The number of pyridine rings is 1. The molecule has 0 spiro atoms. The fraction of sp³-hybridized carbons (Fsp3) is 0.320. The first kappa shape index (κ1) is 20.8. The van der Waals surface area contributed by atoms with Crippen molar-refractivity contribution in [1.82, 2.24) is 14.5 Å². The second-order valence-electron chi connectivity index (χ2n) is 8.35. The summed E-state index contributed by atoms with van der Waals surface area (Å²) >= 11 is 1.85. The lowest BCUT2D eigenvalue weighted by Gasteiger charge is -2.32. The summed E-state index contributed by atoms with van der Waals surface area (Å²) in [5, 5.41) is 10.4. The van der Waals surface area contributed by atoms with E-state index >= 15 is 0 Å². The zero-order valence-electron chi connectivity index (χ0n) is 18.4. The number of rotatable bonds is 5. The van der Waals surface area contributed by atoms with Crippen molar-refractivity contribution in [3.63, 3.8) is 0 Å². The summed E-state index contributed by atoms with van der Waals surface area (Å²) in [6.45, 7) is 6.49. The summed E-state index contributed by atoms with van der Waals surface area (Å²) in [7, 11) is 0. The van der Waals surface area contributed by atoms with E-state index in [0.717, 1.165) is 40.1 Å². The number of fused-ring (bicyclic) bond motifs is 1. The van der Waals surface area contributed by atoms with Gasteiger partial charge in [-0.2, -0.15) is 0 Å². The Morgan fingerprint density at radius 3 is 2.62 bits per heavy atom. The lowest BCUT2D eigenvalue weighted by Crippen LogP contribution is -2.35. The molecule has 6 nitrogen and oxygen atoms in total. The molecule has 32 heavy (non-hydrogen) atoms. The highest BCUT2D eigenvalue weighted by Crippen LogP contribution is 2.49. The Morgan fingerprint density at radius 2 is 1.97 bits per heavy atom. The molecule has 0 bridgehead atoms. The molecular formula is C25H26N4O2S. The van der Waals surface area contributed by atoms with Gasteiger partial charge in [0.2, 0.25) is 0 Å². The molecule has 2 aliphatic heterocycles. The molecule has 7 heteroatoms. The Labute approximate surface area is 192 Å². The smallest absolute Gasteiger partial charge is 0.335 e. The van der Waals surface area contributed by atoms with E-state index in [2.05, 4.69) is 47.4 Å². The third kappa shape index (κ3) is 3.32. The van der Waals surface area contributed by atoms with Crippen LogP contribution in [-0.2, 0) is 0 Å². The summed E-state index contributed by atoms with van der Waals surface area (Å²) in [5.41, 5.74) is 5.77. The molecule has 1 fully saturated rings. The first-order chi connectivity index (χ1) is 15.5. The van der Waals surface area contributed by atoms with E-state index in [1.807, 2.05) is 42.2 Å². The number of aliphatic imine (C=N–C) groups is 1. The van der Waals surface area contributed by atoms with Crippen LogP contribution in [0.2, 0.25) is 0 Å². The summed E-state index contributed by atoms with van der Waals surface area (Å²) in [5.74, 6) is 0.153. The standard InChI is InChI=1S/C25H26N4O2S/c1-4-18-14-32-25-27-22(21-7-5-6-12-26-21)23(29(18)25)20-13-15(2)28(16(20)3)19-10-8-17(9-11-19)24(30)31/h5-13,18,22-23H,4,14H2,1-3H3,(H,30,31)/t18-,22-,23-/m1/s1. The van der Waals surface area contributed by atoms with Gasteiger partial charge in [0.05, 0.1) is 17.3 Å². The van der Waals surface area contributed by atoms with Gasteiger partial charge in [-0.15, -0.1) is 0 Å². The average Bonchev–Trinajstić information content (AvgIpc) is 3.46. The van der Waals surface area contributed by atoms with Gasteiger partial charge in [0, 0.05) is 35.1 Å². The average molecular weight is 447 g/mol. The van der Waals surface area contributed by atoms with Gasteiger partial charge < -0.3 is 14.6 Å². The molecule has 4 heterocycles. The maximum atomic E-state index is 11.3. The van der Waals surface area contributed by atoms with E-state index in [9.17, 15) is 9.90 Å². The van der Waals surface area contributed by atoms with Gasteiger partial charge in [0.15, 0.2) is 5.17 Å². The number of aromatic carboxylic acids is 1. The number of benzene rings is 1. The molecule has 0 saturated carbocycles. The highest BCUT2D eigenvalue weighted by Gasteiger charge is 2.46. The topological polar surface area (TPSA) is 70.7 Å². The van der Waals surface area contributed by atoms with Crippen LogP contribution in [0.3, 0.4) is 0 Å². The first-order valence-corrected chi connectivity index (χ1v) is 11.9. The minimum absolute atomic E-state index is 0.0450. The molecule has 0 radical (unpaired) electrons. The molecule has 1 saturated heterocycles. The summed E-state index contributed by atoms with van der Waals surface area (Å²) < 4.78 is 2.21. The van der Waals surface area contributed by atoms with Crippen molar-refractivity contribution in [3.8, 4) is 5.69 Å². The molecule has 2 aromatic heterocycles. The third-order valence-electron chi connectivity index (χ3n) is 6.49. The van der Waals surface area contributed by atoms with E-state index in [0.29, 0.717) is 11.6 Å². The fourth-order valence-electron chi connectivity index (χ4n) is 4.92. The predicted molar refractivity (Wildman–Crippen MR) is 128 cm³/mol. The van der Waals surface area contributed by atoms with Crippen molar-refractivity contribution < 1.29 is 9.90 Å². The number of carboxylic acids is 1. The van der Waals surface area contributed by atoms with Crippen LogP contribution in [0.25, 0.3) is 5.69 Å². The number of nitrogens with zero attached hydrogens (tertiary/aromatic N) is 4. The van der Waals surface area contributed by atoms with Crippen LogP contribution < -0.4 is 0 Å². The van der Waals surface area contributed by atoms with Crippen molar-refractivity contribution in [1.29, 1.82) is 0 Å². The molecule has 164 valence electrons. The van der Waals surface area contributed by atoms with E-state index < -0.39 is 5.97 Å². The fourth-order valence-corrected chi connectivity index (χ4v) is 6.26. The zero-order chi connectivity index (χ0) is 22.4. The van der Waals surface area contributed by atoms with Crippen molar-refractivity contribution in [2.75, 3.05) is 5.75 Å². The monoisotopic (exact) mass is 446 g/mol. The summed E-state index contributed by atoms with van der Waals surface area (Å²) in [6.07, 6.45) is 2.92. The van der Waals surface area contributed by atoms with Crippen molar-refractivity contribution in [3.05, 3.63) is 82.9 Å². The van der Waals surface area contributed by atoms with Crippen LogP contribution in [-0.4, -0.2) is 42.5 Å². The second kappa shape index (κ2) is 8.13. The minimum Gasteiger partial charge on any atom is -0.478 e. The van der Waals surface area contributed by atoms with Crippen LogP contribution in [0.5, 0.6) is 0 Å². The van der Waals surface area contributed by atoms with Crippen molar-refractivity contribution in [2.45, 2.75) is 45.3 Å². The van der Waals surface area contributed by atoms with Gasteiger partial charge >= 0.3 is 5.97 Å². The Hall–Kier alpha value is -3.06. The Kier molecular flexibility index (Phi) is 5.29. The number of hydrogen-bond donors (Lipinski definition) is 1. The first-order valence-electron chi connectivity index (χ1n) is 10.9. The van der Waals surface area contributed by atoms with E-state index in [1.165, 1.54) is 5.56 Å². The highest BCUT2D eigenvalue weighted by molar-refractivity contribution is 8.14. The lowest BCUT2D eigenvalue weighted by molar-refractivity contribution is 0.0697. The van der Waals surface area contributed by atoms with Gasteiger partial charge in [-0.3, -0.25) is 9.98 Å². The van der Waals surface area contributed by atoms with Gasteiger partial charge in [-0.05, 0) is 68.3 Å². The number of carboxylic acid groups (broad SMARTS) is 1. The van der Waals surface area contributed by atoms with Crippen LogP contribution in [0, 0.1) is 13.8 Å². The van der Waals surface area contributed by atoms with E-state index in [4.69, 9.17) is 4.99 Å². The maximum Gasteiger partial charge on any atom is 0.335 e. The van der Waals surface area contributed by atoms with Gasteiger partial charge in [0.25, 0.3) is 0 Å². The molecule has 3 aromatic rings. The van der Waals surface area contributed by atoms with Gasteiger partial charge in [0.1, 0.15) is 6.04 Å². The SMILES string of the molecule is CC[C@@H]1CSC2=N[C@H](c3ccccn3)[C@@H](c3cc(C)n(-c4ccc(C(=O)O)cc4)c3C)N21. The van der Waals surface area contributed by atoms with E-state index in [-0.39, 0.29) is 12.1 Å². The lowest BCUT2D eigenvalue weighted by atomic mass is 9.95. The molecule has 1 aromatic carbocycles. The molecule has 2 aliphatic rings. The maximum absolute atomic E-state index is 11.3. The van der Waals surface area contributed by atoms with Crippen LogP contribution >= 0.6 is 11.8 Å². The quantitative estimate of drug-likeness (QED) is 0.586. The van der Waals surface area contributed by atoms with Crippen LogP contribution in [0.15, 0.2) is 59.7 Å². The Bertz CT molecular complexity index is 1190. The predicted octanol–water partition coefficient (Wildman–Crippen LogP) is 5.17. The number of aromatic nitrogens is 2. The Morgan fingerprint density at radius 1 is 1.19 bits per heavy atom. The van der Waals surface area contributed by atoms with Crippen LogP contribution in [0.4, 0.5) is 0 Å². The molecule has 0 amide bonds. The Balaban J connectivity index is 1.60. The minimum atomic E-state index is -0.913. The molecule has 5 rings (SSSR count). The summed E-state index contributed by atoms with van der Waals surface area (Å²) in [4.78, 5) is 23.5. The van der Waals surface area contributed by atoms with Crippen molar-refractivity contribution >= 4 is 22.9 Å². The largest absolute Gasteiger partial charge is 0.478 e. The number of amidine groups is 1. The van der Waals surface area contributed by atoms with Crippen LogP contribution in [0.1, 0.15) is 58.4 Å².